The van der Waals surface area contributed by atoms with E-state index in [1.807, 2.05) is 0 Å². The van der Waals surface area contributed by atoms with Crippen molar-refractivity contribution in [2.75, 3.05) is 5.01 Å². The van der Waals surface area contributed by atoms with Crippen LogP contribution in [0.1, 0.15) is 6.92 Å². The summed E-state index contributed by atoms with van der Waals surface area (Å²) in [6, 6.07) is 4.63. The van der Waals surface area contributed by atoms with Gasteiger partial charge in [0.2, 0.25) is 5.88 Å². The zero-order chi connectivity index (χ0) is 16.4. The van der Waals surface area contributed by atoms with Gasteiger partial charge in [0.1, 0.15) is 0 Å². The molecule has 0 atom stereocenters. The van der Waals surface area contributed by atoms with Crippen LogP contribution in [0.5, 0.6) is 0 Å². The number of aliphatic hydroxyl groups is 1. The zero-order valence-corrected chi connectivity index (χ0v) is 11.8. The molecule has 9 heteroatoms. The Labute approximate surface area is 121 Å². The van der Waals surface area contributed by atoms with Gasteiger partial charge in [0, 0.05) is 5.57 Å². The van der Waals surface area contributed by atoms with Crippen LogP contribution in [0, 0.1) is 0 Å². The molecule has 0 spiro atoms. The van der Waals surface area contributed by atoms with E-state index in [0.29, 0.717) is 0 Å². The summed E-state index contributed by atoms with van der Waals surface area (Å²) in [6.45, 7) is 4.60. The highest BCUT2D eigenvalue weighted by molar-refractivity contribution is 7.85. The van der Waals surface area contributed by atoms with E-state index in [-0.39, 0.29) is 21.7 Å². The molecular formula is C12H14N2O6S. The van der Waals surface area contributed by atoms with E-state index in [4.69, 9.17) is 15.5 Å². The number of carbonyl (C=O) groups is 1. The molecule has 114 valence electrons. The van der Waals surface area contributed by atoms with Gasteiger partial charge in [-0.2, -0.15) is 8.42 Å². The first-order valence-corrected chi connectivity index (χ1v) is 6.94. The number of nitrogens with zero attached hydrogens (tertiary/aromatic N) is 1. The van der Waals surface area contributed by atoms with E-state index in [2.05, 4.69) is 6.58 Å². The second-order valence-corrected chi connectivity index (χ2v) is 5.49. The van der Waals surface area contributed by atoms with Crippen molar-refractivity contribution in [1.82, 2.24) is 0 Å². The van der Waals surface area contributed by atoms with Gasteiger partial charge in [0.25, 0.3) is 10.1 Å². The number of aliphatic hydroxyl groups excluding tert-OH is 1. The summed E-state index contributed by atoms with van der Waals surface area (Å²) < 4.78 is 30.6. The Kier molecular flexibility index (Phi) is 4.73. The summed E-state index contributed by atoms with van der Waals surface area (Å²) in [5.41, 5.74) is -0.209. The van der Waals surface area contributed by atoms with Crippen molar-refractivity contribution in [3.63, 3.8) is 0 Å². The predicted molar refractivity (Wildman–Crippen MR) is 75.0 cm³/mol. The fraction of sp³-hybridized carbons (Fsp3) is 0.0833. The number of aliphatic carboxylic acids is 1. The molecule has 0 radical (unpaired) electrons. The Morgan fingerprint density at radius 3 is 2.10 bits per heavy atom. The number of benzene rings is 1. The molecule has 5 N–H and O–H groups in total. The number of nitrogens with two attached hydrogens (primary N) is 1. The average molecular weight is 314 g/mol. The number of anilines is 1. The van der Waals surface area contributed by atoms with Gasteiger partial charge in [-0.1, -0.05) is 6.58 Å². The van der Waals surface area contributed by atoms with E-state index in [1.54, 1.807) is 0 Å². The molecule has 0 heterocycles. The maximum absolute atomic E-state index is 10.9. The van der Waals surface area contributed by atoms with E-state index in [9.17, 15) is 18.3 Å². The number of hydrogen-bond donors (Lipinski definition) is 4. The molecule has 1 aromatic rings. The van der Waals surface area contributed by atoms with Gasteiger partial charge in [0.15, 0.2) is 0 Å². The summed E-state index contributed by atoms with van der Waals surface area (Å²) in [6.07, 6.45) is 0. The van der Waals surface area contributed by atoms with Crippen molar-refractivity contribution >= 4 is 21.8 Å². The van der Waals surface area contributed by atoms with Crippen molar-refractivity contribution in [2.45, 2.75) is 11.8 Å². The first-order chi connectivity index (χ1) is 9.55. The second kappa shape index (κ2) is 5.95. The van der Waals surface area contributed by atoms with Crippen molar-refractivity contribution in [2.24, 2.45) is 5.84 Å². The molecule has 0 aliphatic heterocycles. The third-order valence-electron chi connectivity index (χ3n) is 2.69. The molecule has 0 bridgehead atoms. The van der Waals surface area contributed by atoms with Crippen LogP contribution < -0.4 is 10.9 Å². The monoisotopic (exact) mass is 314 g/mol. The Morgan fingerprint density at radius 2 is 1.71 bits per heavy atom. The molecule has 0 saturated heterocycles. The van der Waals surface area contributed by atoms with Crippen LogP contribution >= 0.6 is 0 Å². The smallest absolute Gasteiger partial charge is 0.335 e. The third kappa shape index (κ3) is 3.81. The van der Waals surface area contributed by atoms with Crippen LogP contribution in [0.15, 0.2) is 52.8 Å². The lowest BCUT2D eigenvalue weighted by molar-refractivity contribution is -0.132. The van der Waals surface area contributed by atoms with Crippen LogP contribution in [-0.4, -0.2) is 29.2 Å². The Hall–Kier alpha value is -2.36. The lowest BCUT2D eigenvalue weighted by Gasteiger charge is -2.19. The maximum Gasteiger partial charge on any atom is 0.335 e. The van der Waals surface area contributed by atoms with Crippen LogP contribution in [0.4, 0.5) is 5.69 Å². The summed E-state index contributed by atoms with van der Waals surface area (Å²) in [5, 5.41) is 19.4. The van der Waals surface area contributed by atoms with Gasteiger partial charge in [-0.25, -0.2) is 15.6 Å². The number of hydrogen-bond acceptors (Lipinski definition) is 6. The van der Waals surface area contributed by atoms with Crippen LogP contribution in [0.3, 0.4) is 0 Å². The van der Waals surface area contributed by atoms with Crippen molar-refractivity contribution in [3.8, 4) is 0 Å². The molecule has 0 saturated carbocycles. The van der Waals surface area contributed by atoms with Crippen molar-refractivity contribution < 1.29 is 28.0 Å². The minimum atomic E-state index is -4.33. The average Bonchev–Trinajstić information content (AvgIpc) is 2.43. The Morgan fingerprint density at radius 1 is 1.24 bits per heavy atom. The maximum atomic E-state index is 10.9. The molecule has 21 heavy (non-hydrogen) atoms. The molecule has 1 aromatic carbocycles. The molecule has 0 amide bonds. The summed E-state index contributed by atoms with van der Waals surface area (Å²) >= 11 is 0. The van der Waals surface area contributed by atoms with Crippen molar-refractivity contribution in [1.29, 1.82) is 0 Å². The number of carboxylic acids is 1. The highest BCUT2D eigenvalue weighted by Crippen LogP contribution is 2.21. The standard InChI is InChI=1S/C12H14N2O6S/c1-7(8(2)12(16)17)11(15)14(13)9-3-5-10(6-4-9)21(18,19)20/h3-6,15H,2,13H2,1H3,(H,16,17)(H,18,19,20)/b11-7+. The van der Waals surface area contributed by atoms with Crippen LogP contribution in [0.2, 0.25) is 0 Å². The Balaban J connectivity index is 3.14. The number of rotatable bonds is 5. The molecule has 1 rings (SSSR count). The highest BCUT2D eigenvalue weighted by atomic mass is 32.2. The lowest BCUT2D eigenvalue weighted by atomic mass is 10.1. The predicted octanol–water partition coefficient (Wildman–Crippen LogP) is 1.04. The zero-order valence-electron chi connectivity index (χ0n) is 11.0. The molecule has 0 unspecified atom stereocenters. The van der Waals surface area contributed by atoms with Gasteiger partial charge in [-0.05, 0) is 31.2 Å². The molecular weight excluding hydrogens is 300 g/mol. The van der Waals surface area contributed by atoms with Crippen LogP contribution in [0.25, 0.3) is 0 Å². The van der Waals surface area contributed by atoms with Gasteiger partial charge in [0.05, 0.1) is 16.2 Å². The van der Waals surface area contributed by atoms with E-state index in [1.165, 1.54) is 19.1 Å². The molecule has 0 aliphatic rings. The van der Waals surface area contributed by atoms with Crippen molar-refractivity contribution in [3.05, 3.63) is 47.9 Å². The molecule has 0 aromatic heterocycles. The summed E-state index contributed by atoms with van der Waals surface area (Å²) in [4.78, 5) is 10.4. The molecule has 0 aliphatic carbocycles. The van der Waals surface area contributed by atoms with Crippen LogP contribution in [-0.2, 0) is 14.9 Å². The fourth-order valence-corrected chi connectivity index (χ4v) is 1.86. The minimum Gasteiger partial charge on any atom is -0.493 e. The normalized spacial score (nSPS) is 12.5. The number of carboxylic acid groups (broad SMARTS) is 1. The fourth-order valence-electron chi connectivity index (χ4n) is 1.38. The summed E-state index contributed by atoms with van der Waals surface area (Å²) in [7, 11) is -4.33. The van der Waals surface area contributed by atoms with Gasteiger partial charge < -0.3 is 10.2 Å². The van der Waals surface area contributed by atoms with E-state index in [0.717, 1.165) is 17.1 Å². The largest absolute Gasteiger partial charge is 0.493 e. The second-order valence-electron chi connectivity index (χ2n) is 4.07. The van der Waals surface area contributed by atoms with Gasteiger partial charge in [-0.3, -0.25) is 4.55 Å². The quantitative estimate of drug-likeness (QED) is 0.158. The Bertz CT molecular complexity index is 706. The molecule has 8 nitrogen and oxygen atoms in total. The van der Waals surface area contributed by atoms with Gasteiger partial charge in [-0.15, -0.1) is 0 Å². The van der Waals surface area contributed by atoms with E-state index >= 15 is 0 Å². The first kappa shape index (κ1) is 16.7. The molecule has 0 fully saturated rings. The topological polar surface area (TPSA) is 141 Å². The number of hydrazine groups is 1. The van der Waals surface area contributed by atoms with Gasteiger partial charge >= 0.3 is 5.97 Å². The SMILES string of the molecule is C=C(C(=O)O)/C(C)=C(/O)N(N)c1ccc(S(=O)(=O)O)cc1. The summed E-state index contributed by atoms with van der Waals surface area (Å²) in [5.74, 6) is 3.75. The van der Waals surface area contributed by atoms with E-state index < -0.39 is 22.0 Å². The first-order valence-electron chi connectivity index (χ1n) is 5.50. The minimum absolute atomic E-state index is 0.0520. The lowest BCUT2D eigenvalue weighted by Crippen LogP contribution is -2.31. The highest BCUT2D eigenvalue weighted by Gasteiger charge is 2.17. The third-order valence-corrected chi connectivity index (χ3v) is 3.56.